The molecule has 0 heterocycles. The van der Waals surface area contributed by atoms with Gasteiger partial charge in [0, 0.05) is 6.42 Å². The van der Waals surface area contributed by atoms with E-state index in [1.165, 1.54) is 11.8 Å². The zero-order valence-corrected chi connectivity index (χ0v) is 44.7. The van der Waals surface area contributed by atoms with E-state index in [2.05, 4.69) is 42.5 Å². The SMILES string of the molecule is CC[C@H](C)[C@H](NC(=O)[C@H](CC(=O)O)NC(=O)[C@H](CCC(=O)O)NC(=O)[C@@H](NC(=O)[C@H](CCSC)NC(=O)[C@H](CC(C)C)NC(=O)[C@@H](N)C(C)C)[C@@H](C)O)C(=O)N[C@@H](CCCCN)C(=O)N[C@@H](CC(C)C)C(=O)O. The van der Waals surface area contributed by atoms with Gasteiger partial charge in [-0.05, 0) is 94.1 Å². The van der Waals surface area contributed by atoms with Crippen LogP contribution in [-0.4, -0.2) is 165 Å². The van der Waals surface area contributed by atoms with Crippen molar-refractivity contribution in [3.63, 3.8) is 0 Å². The van der Waals surface area contributed by atoms with Crippen molar-refractivity contribution in [2.24, 2.45) is 35.1 Å². The second-order valence-electron chi connectivity index (χ2n) is 19.4. The number of carbonyl (C=O) groups excluding carboxylic acids is 8. The molecule has 25 nitrogen and oxygen atoms in total. The molecule has 11 atom stereocenters. The smallest absolute Gasteiger partial charge is 0.326 e. The summed E-state index contributed by atoms with van der Waals surface area (Å²) in [6.07, 6.45) is -1.03. The molecule has 0 spiro atoms. The Labute approximate surface area is 432 Å². The maximum Gasteiger partial charge on any atom is 0.326 e. The third-order valence-electron chi connectivity index (χ3n) is 11.7. The second kappa shape index (κ2) is 34.8. The maximum absolute atomic E-state index is 13.9. The Kier molecular flexibility index (Phi) is 32.1. The molecule has 0 bridgehead atoms. The summed E-state index contributed by atoms with van der Waals surface area (Å²) in [7, 11) is 0. The summed E-state index contributed by atoms with van der Waals surface area (Å²) in [6, 6.07) is -13.0. The zero-order chi connectivity index (χ0) is 56.3. The lowest BCUT2D eigenvalue weighted by Crippen LogP contribution is -2.62. The van der Waals surface area contributed by atoms with Gasteiger partial charge in [0.15, 0.2) is 0 Å². The van der Waals surface area contributed by atoms with Crippen LogP contribution in [0.15, 0.2) is 0 Å². The number of aliphatic hydroxyl groups excluding tert-OH is 1. The molecule has 0 aliphatic heterocycles. The highest BCUT2D eigenvalue weighted by molar-refractivity contribution is 7.98. The van der Waals surface area contributed by atoms with Crippen LogP contribution in [-0.2, 0) is 52.7 Å². The Hall–Kier alpha value is -5.60. The molecule has 16 N–H and O–H groups in total. The molecular formula is C47H84N10O15S. The number of unbranched alkanes of at least 4 members (excludes halogenated alkanes) is 1. The molecule has 0 aromatic rings. The van der Waals surface area contributed by atoms with Crippen molar-refractivity contribution in [1.29, 1.82) is 0 Å². The first-order valence-electron chi connectivity index (χ1n) is 24.7. The lowest BCUT2D eigenvalue weighted by Gasteiger charge is -2.30. The molecule has 0 aromatic carbocycles. The molecule has 0 radical (unpaired) electrons. The average molecular weight is 1060 g/mol. The summed E-state index contributed by atoms with van der Waals surface area (Å²) >= 11 is 1.33. The van der Waals surface area contributed by atoms with Crippen molar-refractivity contribution in [3.8, 4) is 0 Å². The minimum absolute atomic E-state index is 0.0212. The number of aliphatic carboxylic acids is 3. The number of thioether (sulfide) groups is 1. The van der Waals surface area contributed by atoms with Gasteiger partial charge in [0.25, 0.3) is 0 Å². The van der Waals surface area contributed by atoms with Gasteiger partial charge in [-0.1, -0.05) is 61.8 Å². The highest BCUT2D eigenvalue weighted by Gasteiger charge is 2.38. The van der Waals surface area contributed by atoms with Gasteiger partial charge in [0.1, 0.15) is 48.3 Å². The van der Waals surface area contributed by atoms with Crippen LogP contribution >= 0.6 is 11.8 Å². The van der Waals surface area contributed by atoms with Gasteiger partial charge in [0.05, 0.1) is 18.6 Å². The Morgan fingerprint density at radius 2 is 0.932 bits per heavy atom. The minimum Gasteiger partial charge on any atom is -0.481 e. The maximum atomic E-state index is 13.9. The molecule has 73 heavy (non-hydrogen) atoms. The third-order valence-corrected chi connectivity index (χ3v) is 12.3. The van der Waals surface area contributed by atoms with E-state index in [1.807, 2.05) is 13.8 Å². The number of carbonyl (C=O) groups is 11. The zero-order valence-electron chi connectivity index (χ0n) is 43.9. The fourth-order valence-corrected chi connectivity index (χ4v) is 7.58. The predicted octanol–water partition coefficient (Wildman–Crippen LogP) is -1.33. The van der Waals surface area contributed by atoms with Crippen LogP contribution in [0.4, 0.5) is 0 Å². The van der Waals surface area contributed by atoms with E-state index < -0.39 is 151 Å². The summed E-state index contributed by atoms with van der Waals surface area (Å²) in [5.74, 6) is -12.7. The molecule has 0 saturated carbocycles. The highest BCUT2D eigenvalue weighted by atomic mass is 32.2. The molecule has 26 heteroatoms. The summed E-state index contributed by atoms with van der Waals surface area (Å²) < 4.78 is 0. The van der Waals surface area contributed by atoms with Crippen molar-refractivity contribution in [2.75, 3.05) is 18.6 Å². The number of hydrogen-bond acceptors (Lipinski definition) is 15. The quantitative estimate of drug-likeness (QED) is 0.0321. The van der Waals surface area contributed by atoms with E-state index in [0.717, 1.165) is 6.92 Å². The van der Waals surface area contributed by atoms with Crippen LogP contribution in [0.2, 0.25) is 0 Å². The summed E-state index contributed by atoms with van der Waals surface area (Å²) in [5, 5.41) is 59.3. The van der Waals surface area contributed by atoms with Gasteiger partial charge < -0.3 is 74.4 Å². The van der Waals surface area contributed by atoms with Crippen molar-refractivity contribution in [1.82, 2.24) is 42.5 Å². The fourth-order valence-electron chi connectivity index (χ4n) is 7.11. The molecule has 0 fully saturated rings. The molecule has 0 rings (SSSR count). The largest absolute Gasteiger partial charge is 0.481 e. The second-order valence-corrected chi connectivity index (χ2v) is 20.4. The third kappa shape index (κ3) is 26.3. The van der Waals surface area contributed by atoms with Gasteiger partial charge in [-0.2, -0.15) is 11.8 Å². The predicted molar refractivity (Wildman–Crippen MR) is 271 cm³/mol. The fraction of sp³-hybridized carbons (Fsp3) is 0.766. The molecule has 0 saturated heterocycles. The molecule has 418 valence electrons. The Bertz CT molecular complexity index is 1860. The van der Waals surface area contributed by atoms with Crippen LogP contribution < -0.4 is 54.0 Å². The monoisotopic (exact) mass is 1060 g/mol. The van der Waals surface area contributed by atoms with Gasteiger partial charge in [-0.3, -0.25) is 47.9 Å². The highest BCUT2D eigenvalue weighted by Crippen LogP contribution is 2.14. The van der Waals surface area contributed by atoms with Crippen molar-refractivity contribution >= 4 is 76.9 Å². The van der Waals surface area contributed by atoms with Crippen LogP contribution in [0.3, 0.4) is 0 Å². The van der Waals surface area contributed by atoms with Gasteiger partial charge in [-0.15, -0.1) is 0 Å². The summed E-state index contributed by atoms with van der Waals surface area (Å²) in [6.45, 7) is 15.3. The number of nitrogens with two attached hydrogens (primary N) is 2. The molecule has 0 aromatic heterocycles. The lowest BCUT2D eigenvalue weighted by molar-refractivity contribution is -0.143. The molecule has 8 amide bonds. The number of amides is 8. The topological polar surface area (TPSA) is 417 Å². The van der Waals surface area contributed by atoms with E-state index >= 15 is 0 Å². The molecule has 0 unspecified atom stereocenters. The van der Waals surface area contributed by atoms with Crippen molar-refractivity contribution in [2.45, 2.75) is 187 Å². The first kappa shape index (κ1) is 67.4. The van der Waals surface area contributed by atoms with E-state index in [4.69, 9.17) is 11.5 Å². The van der Waals surface area contributed by atoms with Crippen LogP contribution in [0.5, 0.6) is 0 Å². The van der Waals surface area contributed by atoms with Gasteiger partial charge in [0.2, 0.25) is 47.3 Å². The number of nitrogens with one attached hydrogen (secondary N) is 8. The molecular weight excluding hydrogens is 977 g/mol. The first-order valence-corrected chi connectivity index (χ1v) is 26.1. The first-order chi connectivity index (χ1) is 34.0. The van der Waals surface area contributed by atoms with E-state index in [-0.39, 0.29) is 56.4 Å². The van der Waals surface area contributed by atoms with Crippen LogP contribution in [0.1, 0.15) is 127 Å². The van der Waals surface area contributed by atoms with E-state index in [1.54, 1.807) is 47.8 Å². The number of carboxylic acid groups (broad SMARTS) is 3. The van der Waals surface area contributed by atoms with Gasteiger partial charge >= 0.3 is 17.9 Å². The standard InChI is InChI=1S/C47H84N10O15S/c1-11-26(8)37(45(69)51-28(14-12-13-18-48)39(63)55-33(47(71)72)21-24(4)5)56-43(67)32(22-35(61)62)53-40(64)29(15-16-34(59)60)52-46(70)38(27(9)58)57-41(65)30(17-19-73-10)50-42(66)31(20-23(2)3)54-44(68)36(49)25(6)7/h23-33,36-38,58H,11-22,48-49H2,1-10H3,(H,50,66)(H,51,69)(H,52,70)(H,53,64)(H,54,68)(H,55,63)(H,56,67)(H,57,65)(H,59,60)(H,61,62)(H,71,72)/t26-,27+,28-,29-,30-,31-,32-,33-,36-,37-,38-/m0/s1. The van der Waals surface area contributed by atoms with Crippen molar-refractivity contribution in [3.05, 3.63) is 0 Å². The number of hydrogen-bond donors (Lipinski definition) is 14. The van der Waals surface area contributed by atoms with Crippen LogP contribution in [0.25, 0.3) is 0 Å². The summed E-state index contributed by atoms with van der Waals surface area (Å²) in [4.78, 5) is 145. The number of rotatable bonds is 37. The summed E-state index contributed by atoms with van der Waals surface area (Å²) in [5.41, 5.74) is 11.6. The average Bonchev–Trinajstić information content (AvgIpc) is 3.29. The number of carboxylic acids is 3. The molecule has 0 aliphatic rings. The minimum atomic E-state index is -1.96. The number of aliphatic hydroxyl groups is 1. The molecule has 0 aliphatic carbocycles. The Balaban J connectivity index is 6.72. The van der Waals surface area contributed by atoms with E-state index in [9.17, 15) is 73.2 Å². The van der Waals surface area contributed by atoms with Crippen molar-refractivity contribution < 1.29 is 73.2 Å². The van der Waals surface area contributed by atoms with Gasteiger partial charge in [-0.25, -0.2) is 4.79 Å². The Morgan fingerprint density at radius 1 is 0.507 bits per heavy atom. The Morgan fingerprint density at radius 3 is 1.40 bits per heavy atom. The van der Waals surface area contributed by atoms with Crippen LogP contribution in [0, 0.1) is 23.7 Å². The van der Waals surface area contributed by atoms with E-state index in [0.29, 0.717) is 18.6 Å². The normalized spacial score (nSPS) is 15.9. The lowest BCUT2D eigenvalue weighted by atomic mass is 9.96.